The summed E-state index contributed by atoms with van der Waals surface area (Å²) in [6, 6.07) is 8.29. The lowest BCUT2D eigenvalue weighted by molar-refractivity contribution is -0.147. The number of hydrazone groups is 1. The van der Waals surface area contributed by atoms with Crippen LogP contribution in [0.5, 0.6) is 0 Å². The normalized spacial score (nSPS) is 21.2. The van der Waals surface area contributed by atoms with E-state index in [2.05, 4.69) is 5.10 Å². The number of hydrogen-bond donors (Lipinski definition) is 0. The molecule has 0 aliphatic carbocycles. The van der Waals surface area contributed by atoms with Crippen molar-refractivity contribution in [3.05, 3.63) is 30.3 Å². The van der Waals surface area contributed by atoms with Crippen molar-refractivity contribution in [3.63, 3.8) is 0 Å². The summed E-state index contributed by atoms with van der Waals surface area (Å²) in [7, 11) is -1.62. The van der Waals surface area contributed by atoms with Crippen molar-refractivity contribution in [1.82, 2.24) is 4.90 Å². The van der Waals surface area contributed by atoms with Crippen LogP contribution in [0.2, 0.25) is 0 Å². The number of ether oxygens (including phenoxy) is 1. The van der Waals surface area contributed by atoms with E-state index in [1.165, 1.54) is 11.9 Å². The van der Waals surface area contributed by atoms with E-state index in [9.17, 15) is 22.8 Å². The maximum atomic E-state index is 12.3. The molecule has 2 aliphatic rings. The minimum Gasteiger partial charge on any atom is -0.451 e. The zero-order valence-electron chi connectivity index (χ0n) is 15.4. The number of carbonyl (C=O) groups is 3. The Morgan fingerprint density at radius 3 is 2.61 bits per heavy atom. The van der Waals surface area contributed by atoms with E-state index in [1.807, 2.05) is 0 Å². The summed E-state index contributed by atoms with van der Waals surface area (Å²) < 4.78 is 28.1. The lowest BCUT2D eigenvalue weighted by Gasteiger charge is -2.24. The second-order valence-electron chi connectivity index (χ2n) is 6.73. The maximum absolute atomic E-state index is 12.3. The quantitative estimate of drug-likeness (QED) is 0.651. The number of sulfone groups is 1. The molecule has 28 heavy (non-hydrogen) atoms. The van der Waals surface area contributed by atoms with Crippen molar-refractivity contribution in [2.75, 3.05) is 30.2 Å². The smallest absolute Gasteiger partial charge is 0.355 e. The van der Waals surface area contributed by atoms with Crippen LogP contribution in [0.3, 0.4) is 0 Å². The van der Waals surface area contributed by atoms with Crippen LogP contribution in [-0.2, 0) is 29.0 Å². The van der Waals surface area contributed by atoms with Gasteiger partial charge >= 0.3 is 5.97 Å². The first-order valence-electron chi connectivity index (χ1n) is 8.85. The molecule has 0 saturated carbocycles. The Balaban J connectivity index is 1.60. The Labute approximate surface area is 162 Å². The van der Waals surface area contributed by atoms with E-state index < -0.39 is 34.4 Å². The van der Waals surface area contributed by atoms with Gasteiger partial charge in [0.15, 0.2) is 16.4 Å². The van der Waals surface area contributed by atoms with E-state index in [-0.39, 0.29) is 36.0 Å². The van der Waals surface area contributed by atoms with Crippen LogP contribution < -0.4 is 5.01 Å². The topological polar surface area (TPSA) is 113 Å². The highest BCUT2D eigenvalue weighted by atomic mass is 32.2. The highest BCUT2D eigenvalue weighted by Crippen LogP contribution is 2.20. The Morgan fingerprint density at radius 1 is 1.25 bits per heavy atom. The molecule has 150 valence electrons. The van der Waals surface area contributed by atoms with Crippen LogP contribution in [0.4, 0.5) is 5.69 Å². The van der Waals surface area contributed by atoms with Crippen LogP contribution in [0.1, 0.15) is 19.3 Å². The minimum absolute atomic E-state index is 0.0508. The van der Waals surface area contributed by atoms with Crippen LogP contribution >= 0.6 is 0 Å². The molecule has 1 aromatic carbocycles. The largest absolute Gasteiger partial charge is 0.451 e. The third-order valence-corrected chi connectivity index (χ3v) is 6.50. The van der Waals surface area contributed by atoms with E-state index in [0.717, 1.165) is 5.01 Å². The number of carbonyl (C=O) groups excluding carboxylic acids is 3. The molecule has 1 atom stereocenters. The summed E-state index contributed by atoms with van der Waals surface area (Å²) in [5.74, 6) is -1.52. The van der Waals surface area contributed by atoms with Gasteiger partial charge in [0.1, 0.15) is 5.71 Å². The molecule has 1 unspecified atom stereocenters. The van der Waals surface area contributed by atoms with Crippen molar-refractivity contribution in [2.45, 2.75) is 25.3 Å². The van der Waals surface area contributed by atoms with Gasteiger partial charge in [-0.1, -0.05) is 18.2 Å². The average Bonchev–Trinajstić information content (AvgIpc) is 3.06. The summed E-state index contributed by atoms with van der Waals surface area (Å²) in [4.78, 5) is 37.9. The van der Waals surface area contributed by atoms with Crippen LogP contribution in [0.25, 0.3) is 0 Å². The van der Waals surface area contributed by atoms with Crippen molar-refractivity contribution in [2.24, 2.45) is 5.10 Å². The number of para-hydroxylation sites is 1. The van der Waals surface area contributed by atoms with Crippen LogP contribution in [0.15, 0.2) is 35.4 Å². The third kappa shape index (κ3) is 4.56. The van der Waals surface area contributed by atoms with Crippen molar-refractivity contribution in [3.8, 4) is 0 Å². The molecule has 0 radical (unpaired) electrons. The number of hydrogen-bond acceptors (Lipinski definition) is 7. The average molecular weight is 407 g/mol. The van der Waals surface area contributed by atoms with Gasteiger partial charge in [-0.15, -0.1) is 0 Å². The molecule has 0 aromatic heterocycles. The molecular formula is C18H21N3O6S. The minimum atomic E-state index is -3.12. The van der Waals surface area contributed by atoms with E-state index in [1.54, 1.807) is 30.3 Å². The zero-order valence-corrected chi connectivity index (χ0v) is 16.2. The molecule has 0 N–H and O–H groups in total. The summed E-state index contributed by atoms with van der Waals surface area (Å²) in [6.45, 7) is -0.510. The van der Waals surface area contributed by atoms with Gasteiger partial charge in [-0.3, -0.25) is 9.59 Å². The van der Waals surface area contributed by atoms with Crippen molar-refractivity contribution >= 4 is 39.0 Å². The molecule has 3 rings (SSSR count). The highest BCUT2D eigenvalue weighted by Gasteiger charge is 2.33. The molecule has 0 bridgehead atoms. The van der Waals surface area contributed by atoms with Gasteiger partial charge in [0.25, 0.3) is 5.91 Å². The van der Waals surface area contributed by atoms with Gasteiger partial charge < -0.3 is 9.64 Å². The van der Waals surface area contributed by atoms with E-state index in [4.69, 9.17) is 4.74 Å². The fourth-order valence-corrected chi connectivity index (χ4v) is 4.84. The Hall–Kier alpha value is -2.75. The summed E-state index contributed by atoms with van der Waals surface area (Å²) in [5.41, 5.74) is 0.595. The number of anilines is 1. The number of nitrogens with zero attached hydrogens (tertiary/aromatic N) is 3. The lowest BCUT2D eigenvalue weighted by atomic mass is 10.1. The van der Waals surface area contributed by atoms with Gasteiger partial charge in [-0.2, -0.15) is 5.10 Å². The van der Waals surface area contributed by atoms with Gasteiger partial charge in [0.2, 0.25) is 5.91 Å². The monoisotopic (exact) mass is 407 g/mol. The highest BCUT2D eigenvalue weighted by molar-refractivity contribution is 7.91. The summed E-state index contributed by atoms with van der Waals surface area (Å²) >= 11 is 0. The first-order valence-corrected chi connectivity index (χ1v) is 10.7. The fourth-order valence-electron chi connectivity index (χ4n) is 3.07. The lowest BCUT2D eigenvalue weighted by Crippen LogP contribution is -2.41. The van der Waals surface area contributed by atoms with Crippen molar-refractivity contribution in [1.29, 1.82) is 0 Å². The number of esters is 1. The molecule has 10 heteroatoms. The van der Waals surface area contributed by atoms with Gasteiger partial charge in [-0.05, 0) is 18.6 Å². The molecule has 1 fully saturated rings. The van der Waals surface area contributed by atoms with Crippen LogP contribution in [0, 0.1) is 0 Å². The Bertz CT molecular complexity index is 913. The van der Waals surface area contributed by atoms with Crippen molar-refractivity contribution < 1.29 is 27.5 Å². The number of amides is 2. The number of rotatable bonds is 5. The fraction of sp³-hybridized carbons (Fsp3) is 0.444. The van der Waals surface area contributed by atoms with Gasteiger partial charge in [0.05, 0.1) is 17.2 Å². The first-order chi connectivity index (χ1) is 13.3. The van der Waals surface area contributed by atoms with Gasteiger partial charge in [-0.25, -0.2) is 18.2 Å². The molecule has 2 aliphatic heterocycles. The number of likely N-dealkylation sites (N-methyl/N-ethyl adjacent to an activating group) is 1. The summed E-state index contributed by atoms with van der Waals surface area (Å²) in [5, 5.41) is 5.22. The van der Waals surface area contributed by atoms with Crippen LogP contribution in [-0.4, -0.2) is 68.0 Å². The Morgan fingerprint density at radius 2 is 1.96 bits per heavy atom. The molecule has 9 nitrogen and oxygen atoms in total. The zero-order chi connectivity index (χ0) is 20.3. The predicted molar refractivity (Wildman–Crippen MR) is 101 cm³/mol. The van der Waals surface area contributed by atoms with E-state index >= 15 is 0 Å². The molecule has 1 aromatic rings. The molecule has 2 heterocycles. The molecule has 2 amide bonds. The number of benzene rings is 1. The second kappa shape index (κ2) is 8.09. The van der Waals surface area contributed by atoms with Gasteiger partial charge in [0, 0.05) is 25.9 Å². The Kier molecular flexibility index (Phi) is 5.78. The maximum Gasteiger partial charge on any atom is 0.355 e. The third-order valence-electron chi connectivity index (χ3n) is 4.75. The molecule has 1 saturated heterocycles. The van der Waals surface area contributed by atoms with E-state index in [0.29, 0.717) is 12.1 Å². The first kappa shape index (κ1) is 20.0. The second-order valence-corrected chi connectivity index (χ2v) is 8.95. The molecule has 0 spiro atoms. The summed E-state index contributed by atoms with van der Waals surface area (Å²) in [6.07, 6.45) is 0.613. The standard InChI is InChI=1S/C18H21N3O6S/c1-20(14-9-10-28(25,26)12-14)17(23)11-27-18(24)15-7-8-16(22)21(19-15)13-5-3-2-4-6-13/h2-6,14H,7-12H2,1H3. The SMILES string of the molecule is CN(C(=O)COC(=O)C1=NN(c2ccccc2)C(=O)CC1)C1CCS(=O)(=O)C1. The predicted octanol–water partition coefficient (Wildman–Crippen LogP) is 0.358. The molecular weight excluding hydrogens is 386 g/mol.